The Labute approximate surface area is 118 Å². The van der Waals surface area contributed by atoms with Crippen molar-refractivity contribution in [1.29, 1.82) is 0 Å². The van der Waals surface area contributed by atoms with Crippen molar-refractivity contribution in [3.05, 3.63) is 29.8 Å². The molecule has 0 aliphatic carbocycles. The Morgan fingerprint density at radius 2 is 1.47 bits per heavy atom. The summed E-state index contributed by atoms with van der Waals surface area (Å²) in [6.07, 6.45) is 0.210. The molecule has 0 unspecified atom stereocenters. The number of benzene rings is 1. The molecule has 6 heteroatoms. The van der Waals surface area contributed by atoms with Gasteiger partial charge < -0.3 is 9.47 Å². The molecule has 1 rings (SSSR count). The molecule has 0 fully saturated rings. The summed E-state index contributed by atoms with van der Waals surface area (Å²) in [7, 11) is 0. The topological polar surface area (TPSA) is 52.6 Å². The second-order valence-corrected chi connectivity index (χ2v) is 9.16. The number of hydrogen-bond donors (Lipinski definition) is 0. The van der Waals surface area contributed by atoms with E-state index in [1.807, 2.05) is 31.2 Å². The Morgan fingerprint density at radius 1 is 1.05 bits per heavy atom. The lowest BCUT2D eigenvalue weighted by molar-refractivity contribution is -0.138. The summed E-state index contributed by atoms with van der Waals surface area (Å²) >= 11 is 5.61. The molecule has 1 aromatic rings. The average molecular weight is 300 g/mol. The number of aryl methyl sites for hydroxylation is 1. The van der Waals surface area contributed by atoms with Crippen LogP contribution in [0.2, 0.25) is 0 Å². The number of rotatable bonds is 5. The minimum Gasteiger partial charge on any atom is -0.460 e. The summed E-state index contributed by atoms with van der Waals surface area (Å²) in [6.45, 7) is 4.65. The molecule has 0 atom stereocenters. The van der Waals surface area contributed by atoms with Crippen molar-refractivity contribution < 1.29 is 19.1 Å². The van der Waals surface area contributed by atoms with Gasteiger partial charge in [0, 0.05) is 13.8 Å². The second-order valence-electron chi connectivity index (χ2n) is 4.25. The summed E-state index contributed by atoms with van der Waals surface area (Å²) in [5, 5.41) is 0.899. The van der Waals surface area contributed by atoms with Crippen LogP contribution in [0.4, 0.5) is 0 Å². The molecule has 0 radical (unpaired) electrons. The quantitative estimate of drug-likeness (QED) is 0.616. The first-order chi connectivity index (χ1) is 8.83. The highest BCUT2D eigenvalue weighted by Gasteiger charge is 2.23. The first-order valence-corrected chi connectivity index (χ1v) is 8.93. The van der Waals surface area contributed by atoms with Crippen LogP contribution in [-0.2, 0) is 30.9 Å². The molecule has 0 saturated carbocycles. The molecule has 0 amide bonds. The maximum Gasteiger partial charge on any atom is 0.303 e. The van der Waals surface area contributed by atoms with Crippen molar-refractivity contribution in [2.75, 3.05) is 12.7 Å². The van der Waals surface area contributed by atoms with Gasteiger partial charge in [-0.05, 0) is 12.2 Å². The minimum atomic E-state index is -2.25. The highest BCUT2D eigenvalue weighted by molar-refractivity contribution is 8.18. The molecule has 0 aliphatic rings. The van der Waals surface area contributed by atoms with E-state index in [0.29, 0.717) is 0 Å². The van der Waals surface area contributed by atoms with Crippen LogP contribution >= 0.6 is 6.04 Å². The third kappa shape index (κ3) is 5.13. The number of carbonyl (C=O) groups is 2. The molecule has 1 aromatic carbocycles. The van der Waals surface area contributed by atoms with Gasteiger partial charge in [-0.2, -0.15) is 0 Å². The van der Waals surface area contributed by atoms with Gasteiger partial charge in [0.05, 0.1) is 6.04 Å². The van der Waals surface area contributed by atoms with Crippen LogP contribution in [0.3, 0.4) is 0 Å². The predicted molar refractivity (Wildman–Crippen MR) is 78.4 cm³/mol. The normalized spacial score (nSPS) is 10.9. The van der Waals surface area contributed by atoms with Crippen molar-refractivity contribution in [3.8, 4) is 0 Å². The predicted octanol–water partition coefficient (Wildman–Crippen LogP) is 2.14. The highest BCUT2D eigenvalue weighted by Crippen LogP contribution is 2.44. The first kappa shape index (κ1) is 15.9. The minimum absolute atomic E-state index is 0.105. The van der Waals surface area contributed by atoms with Crippen LogP contribution in [0.25, 0.3) is 0 Å². The fourth-order valence-electron chi connectivity index (χ4n) is 1.39. The molecule has 0 aliphatic heterocycles. The van der Waals surface area contributed by atoms with Gasteiger partial charge in [-0.25, -0.2) is 0 Å². The van der Waals surface area contributed by atoms with E-state index in [9.17, 15) is 9.59 Å². The molecule has 0 bridgehead atoms. The molecule has 0 aromatic heterocycles. The lowest BCUT2D eigenvalue weighted by atomic mass is 10.2. The van der Waals surface area contributed by atoms with E-state index in [4.69, 9.17) is 21.3 Å². The highest BCUT2D eigenvalue weighted by atomic mass is 32.4. The van der Waals surface area contributed by atoms with Crippen LogP contribution in [0, 0.1) is 6.92 Å². The smallest absolute Gasteiger partial charge is 0.303 e. The lowest BCUT2D eigenvalue weighted by Gasteiger charge is -2.21. The largest absolute Gasteiger partial charge is 0.460 e. The second kappa shape index (κ2) is 6.83. The molecule has 0 heterocycles. The van der Waals surface area contributed by atoms with Crippen LogP contribution < -0.4 is 5.30 Å². The van der Waals surface area contributed by atoms with E-state index in [1.165, 1.54) is 13.8 Å². The molecule has 104 valence electrons. The van der Waals surface area contributed by atoms with Gasteiger partial charge in [0.25, 0.3) is 0 Å². The molecule has 19 heavy (non-hydrogen) atoms. The Kier molecular flexibility index (Phi) is 5.70. The van der Waals surface area contributed by atoms with Gasteiger partial charge in [0.2, 0.25) is 0 Å². The van der Waals surface area contributed by atoms with E-state index in [-0.39, 0.29) is 24.6 Å². The fraction of sp³-hybridized carbons (Fsp3) is 0.385. The van der Waals surface area contributed by atoms with E-state index in [0.717, 1.165) is 10.9 Å². The third-order valence-corrected chi connectivity index (χ3v) is 6.05. The standard InChI is InChI=1S/C13H17O4PS/c1-10-4-6-13(7-5-10)18(19,8-16-11(2)14)9-17-12(3)15/h4-7H,8-9H2,1-3H3. The molecule has 0 spiro atoms. The van der Waals surface area contributed by atoms with Crippen molar-refractivity contribution in [1.82, 2.24) is 0 Å². The number of hydrogen-bond acceptors (Lipinski definition) is 5. The first-order valence-electron chi connectivity index (χ1n) is 5.75. The Hall–Kier alpha value is -1.19. The van der Waals surface area contributed by atoms with E-state index in [2.05, 4.69) is 0 Å². The molecule has 0 N–H and O–H groups in total. The zero-order chi connectivity index (χ0) is 14.5. The van der Waals surface area contributed by atoms with Crippen molar-refractivity contribution in [3.63, 3.8) is 0 Å². The Balaban J connectivity index is 2.96. The summed E-state index contributed by atoms with van der Waals surface area (Å²) in [5.74, 6) is -0.770. The lowest BCUT2D eigenvalue weighted by Crippen LogP contribution is -2.16. The van der Waals surface area contributed by atoms with Gasteiger partial charge in [0.1, 0.15) is 12.7 Å². The Bertz CT molecular complexity index is 488. The van der Waals surface area contributed by atoms with Crippen molar-refractivity contribution in [2.45, 2.75) is 20.8 Å². The van der Waals surface area contributed by atoms with Gasteiger partial charge in [-0.15, -0.1) is 0 Å². The van der Waals surface area contributed by atoms with E-state index >= 15 is 0 Å². The summed E-state index contributed by atoms with van der Waals surface area (Å²) < 4.78 is 10.1. The molecular weight excluding hydrogens is 283 g/mol. The van der Waals surface area contributed by atoms with Crippen molar-refractivity contribution in [2.24, 2.45) is 0 Å². The van der Waals surface area contributed by atoms with Gasteiger partial charge in [-0.1, -0.05) is 41.6 Å². The van der Waals surface area contributed by atoms with Crippen LogP contribution in [0.1, 0.15) is 19.4 Å². The maximum absolute atomic E-state index is 11.0. The number of esters is 2. The van der Waals surface area contributed by atoms with Crippen LogP contribution in [0.5, 0.6) is 0 Å². The summed E-state index contributed by atoms with van der Waals surface area (Å²) in [4.78, 5) is 21.9. The van der Waals surface area contributed by atoms with E-state index < -0.39 is 6.04 Å². The summed E-state index contributed by atoms with van der Waals surface area (Å²) in [5.41, 5.74) is 1.12. The third-order valence-electron chi connectivity index (χ3n) is 2.46. The molecular formula is C13H17O4PS. The average Bonchev–Trinajstić information content (AvgIpc) is 2.35. The molecule has 0 saturated heterocycles. The van der Waals surface area contributed by atoms with Gasteiger partial charge >= 0.3 is 11.9 Å². The van der Waals surface area contributed by atoms with Gasteiger partial charge in [-0.3, -0.25) is 9.59 Å². The molecule has 4 nitrogen and oxygen atoms in total. The van der Waals surface area contributed by atoms with E-state index in [1.54, 1.807) is 0 Å². The zero-order valence-electron chi connectivity index (χ0n) is 11.2. The summed E-state index contributed by atoms with van der Waals surface area (Å²) in [6, 6.07) is 5.44. The maximum atomic E-state index is 11.0. The monoisotopic (exact) mass is 300 g/mol. The van der Waals surface area contributed by atoms with Crippen LogP contribution in [0.15, 0.2) is 24.3 Å². The Morgan fingerprint density at radius 3 is 1.84 bits per heavy atom. The SMILES string of the molecule is CC(=O)OCP(=S)(COC(C)=O)c1ccc(C)cc1. The fourth-order valence-corrected chi connectivity index (χ4v) is 3.92. The van der Waals surface area contributed by atoms with Gasteiger partial charge in [0.15, 0.2) is 0 Å². The number of ether oxygens (including phenoxy) is 2. The van der Waals surface area contributed by atoms with Crippen LogP contribution in [-0.4, -0.2) is 24.6 Å². The zero-order valence-corrected chi connectivity index (χ0v) is 12.9. The number of carbonyl (C=O) groups excluding carboxylic acids is 2. The van der Waals surface area contributed by atoms with Crippen molar-refractivity contribution >= 4 is 35.1 Å².